The smallest absolute Gasteiger partial charge is 0.135 e. The van der Waals surface area contributed by atoms with Crippen LogP contribution in [0.3, 0.4) is 0 Å². The van der Waals surface area contributed by atoms with E-state index in [4.69, 9.17) is 4.74 Å². The second-order valence-corrected chi connectivity index (χ2v) is 6.43. The van der Waals surface area contributed by atoms with Gasteiger partial charge in [-0.05, 0) is 41.5 Å². The highest BCUT2D eigenvalue weighted by Gasteiger charge is 2.02. The van der Waals surface area contributed by atoms with Crippen LogP contribution in [0.1, 0.15) is 11.1 Å². The van der Waals surface area contributed by atoms with E-state index in [1.54, 1.807) is 6.20 Å². The number of pyridine rings is 1. The molecule has 0 saturated carbocycles. The van der Waals surface area contributed by atoms with Crippen molar-refractivity contribution < 1.29 is 4.74 Å². The van der Waals surface area contributed by atoms with Crippen molar-refractivity contribution in [2.24, 2.45) is 0 Å². The Kier molecular flexibility index (Phi) is 5.93. The number of nitrogens with one attached hydrogen (secondary N) is 2. The van der Waals surface area contributed by atoms with Gasteiger partial charge in [-0.2, -0.15) is 0 Å². The molecule has 0 bridgehead atoms. The Morgan fingerprint density at radius 2 is 1.59 bits per heavy atom. The van der Waals surface area contributed by atoms with Crippen LogP contribution in [-0.4, -0.2) is 15.0 Å². The summed E-state index contributed by atoms with van der Waals surface area (Å²) < 4.78 is 5.82. The fraction of sp³-hybridized carbons (Fsp3) is 0.0870. The molecular weight excluding hydrogens is 362 g/mol. The highest BCUT2D eigenvalue weighted by Crippen LogP contribution is 2.21. The molecule has 0 unspecified atom stereocenters. The van der Waals surface area contributed by atoms with Gasteiger partial charge in [-0.1, -0.05) is 36.4 Å². The number of aromatic nitrogens is 3. The van der Waals surface area contributed by atoms with Gasteiger partial charge in [0.25, 0.3) is 0 Å². The summed E-state index contributed by atoms with van der Waals surface area (Å²) in [6, 6.07) is 23.7. The van der Waals surface area contributed by atoms with E-state index in [0.717, 1.165) is 28.4 Å². The van der Waals surface area contributed by atoms with Gasteiger partial charge < -0.3 is 15.4 Å². The molecule has 0 spiro atoms. The number of hydrogen-bond acceptors (Lipinski definition) is 6. The topological polar surface area (TPSA) is 72.0 Å². The Bertz CT molecular complexity index is 1020. The highest BCUT2D eigenvalue weighted by atomic mass is 16.5. The zero-order valence-electron chi connectivity index (χ0n) is 15.8. The molecule has 0 fully saturated rings. The summed E-state index contributed by atoms with van der Waals surface area (Å²) in [6.45, 7) is 1.20. The SMILES string of the molecule is c1ccc(COc2ccc(Nc3cc(NCc4cccnc4)ncn3)cc2)cc1. The summed E-state index contributed by atoms with van der Waals surface area (Å²) in [5.74, 6) is 2.28. The monoisotopic (exact) mass is 383 g/mol. The molecule has 0 saturated heterocycles. The maximum atomic E-state index is 5.82. The third-order valence-electron chi connectivity index (χ3n) is 4.24. The second kappa shape index (κ2) is 9.32. The molecule has 2 aromatic carbocycles. The van der Waals surface area contributed by atoms with E-state index in [-0.39, 0.29) is 0 Å². The van der Waals surface area contributed by atoms with Gasteiger partial charge in [0.1, 0.15) is 30.3 Å². The lowest BCUT2D eigenvalue weighted by molar-refractivity contribution is 0.306. The number of rotatable bonds is 8. The van der Waals surface area contributed by atoms with Crippen LogP contribution >= 0.6 is 0 Å². The second-order valence-electron chi connectivity index (χ2n) is 6.43. The zero-order valence-corrected chi connectivity index (χ0v) is 15.8. The third-order valence-corrected chi connectivity index (χ3v) is 4.24. The summed E-state index contributed by atoms with van der Waals surface area (Å²) in [5, 5.41) is 6.56. The Morgan fingerprint density at radius 3 is 2.38 bits per heavy atom. The maximum absolute atomic E-state index is 5.82. The lowest BCUT2D eigenvalue weighted by Crippen LogP contribution is -2.03. The first kappa shape index (κ1) is 18.4. The van der Waals surface area contributed by atoms with E-state index in [2.05, 4.69) is 25.6 Å². The van der Waals surface area contributed by atoms with Crippen molar-refractivity contribution in [1.82, 2.24) is 15.0 Å². The van der Waals surface area contributed by atoms with Crippen LogP contribution in [0.2, 0.25) is 0 Å². The quantitative estimate of drug-likeness (QED) is 0.455. The van der Waals surface area contributed by atoms with Crippen LogP contribution in [0.15, 0.2) is 91.5 Å². The van der Waals surface area contributed by atoms with Crippen LogP contribution in [-0.2, 0) is 13.2 Å². The molecule has 4 rings (SSSR count). The molecule has 2 aromatic heterocycles. The molecule has 29 heavy (non-hydrogen) atoms. The molecule has 2 N–H and O–H groups in total. The number of nitrogens with zero attached hydrogens (tertiary/aromatic N) is 3. The minimum Gasteiger partial charge on any atom is -0.489 e. The van der Waals surface area contributed by atoms with Crippen molar-refractivity contribution in [2.75, 3.05) is 10.6 Å². The zero-order chi connectivity index (χ0) is 19.7. The van der Waals surface area contributed by atoms with Gasteiger partial charge in [0, 0.05) is 30.7 Å². The van der Waals surface area contributed by atoms with Crippen LogP contribution in [0.25, 0.3) is 0 Å². The molecule has 2 heterocycles. The van der Waals surface area contributed by atoms with Crippen molar-refractivity contribution in [3.8, 4) is 5.75 Å². The Balaban J connectivity index is 1.33. The van der Waals surface area contributed by atoms with E-state index in [0.29, 0.717) is 19.0 Å². The van der Waals surface area contributed by atoms with Gasteiger partial charge in [-0.3, -0.25) is 4.98 Å². The average molecular weight is 383 g/mol. The van der Waals surface area contributed by atoms with E-state index >= 15 is 0 Å². The predicted octanol–water partition coefficient (Wildman–Crippen LogP) is 4.81. The summed E-state index contributed by atoms with van der Waals surface area (Å²) in [5.41, 5.74) is 3.16. The minimum atomic E-state index is 0.547. The van der Waals surface area contributed by atoms with Gasteiger partial charge in [0.2, 0.25) is 0 Å². The van der Waals surface area contributed by atoms with Gasteiger partial charge in [0.05, 0.1) is 0 Å². The first-order chi connectivity index (χ1) is 14.3. The Hall–Kier alpha value is -3.93. The Labute approximate surface area is 169 Å². The summed E-state index contributed by atoms with van der Waals surface area (Å²) in [4.78, 5) is 12.7. The van der Waals surface area contributed by atoms with Gasteiger partial charge in [0.15, 0.2) is 0 Å². The predicted molar refractivity (Wildman–Crippen MR) is 114 cm³/mol. The summed E-state index contributed by atoms with van der Waals surface area (Å²) in [7, 11) is 0. The number of anilines is 3. The Morgan fingerprint density at radius 1 is 0.793 bits per heavy atom. The van der Waals surface area contributed by atoms with E-state index in [1.165, 1.54) is 6.33 Å². The lowest BCUT2D eigenvalue weighted by Gasteiger charge is -2.10. The molecule has 0 aliphatic heterocycles. The molecular formula is C23H21N5O. The van der Waals surface area contributed by atoms with Crippen molar-refractivity contribution in [3.05, 3.63) is 103 Å². The molecule has 144 valence electrons. The molecule has 6 nitrogen and oxygen atoms in total. The van der Waals surface area contributed by atoms with Crippen molar-refractivity contribution in [3.63, 3.8) is 0 Å². The molecule has 0 aliphatic carbocycles. The fourth-order valence-electron chi connectivity index (χ4n) is 2.74. The fourth-order valence-corrected chi connectivity index (χ4v) is 2.74. The van der Waals surface area contributed by atoms with E-state index in [9.17, 15) is 0 Å². The first-order valence-corrected chi connectivity index (χ1v) is 9.34. The van der Waals surface area contributed by atoms with E-state index in [1.807, 2.05) is 79.0 Å². The summed E-state index contributed by atoms with van der Waals surface area (Å²) in [6.07, 6.45) is 5.12. The van der Waals surface area contributed by atoms with Crippen LogP contribution in [0.4, 0.5) is 17.3 Å². The summed E-state index contributed by atoms with van der Waals surface area (Å²) >= 11 is 0. The molecule has 4 aromatic rings. The highest BCUT2D eigenvalue weighted by molar-refractivity contribution is 5.59. The number of ether oxygens (including phenoxy) is 1. The van der Waals surface area contributed by atoms with Gasteiger partial charge in [-0.15, -0.1) is 0 Å². The minimum absolute atomic E-state index is 0.547. The number of benzene rings is 2. The van der Waals surface area contributed by atoms with E-state index < -0.39 is 0 Å². The largest absolute Gasteiger partial charge is 0.489 e. The standard InChI is InChI=1S/C23H21N5O/c1-2-5-18(6-3-1)16-29-21-10-8-20(9-11-21)28-23-13-22(26-17-27-23)25-15-19-7-4-12-24-14-19/h1-14,17H,15-16H2,(H2,25,26,27,28). The van der Waals surface area contributed by atoms with Crippen LogP contribution < -0.4 is 15.4 Å². The first-order valence-electron chi connectivity index (χ1n) is 9.34. The normalized spacial score (nSPS) is 10.3. The van der Waals surface area contributed by atoms with Gasteiger partial charge in [-0.25, -0.2) is 9.97 Å². The van der Waals surface area contributed by atoms with Crippen molar-refractivity contribution in [2.45, 2.75) is 13.2 Å². The van der Waals surface area contributed by atoms with Crippen molar-refractivity contribution >= 4 is 17.3 Å². The molecule has 6 heteroatoms. The average Bonchev–Trinajstić information content (AvgIpc) is 2.79. The third kappa shape index (κ3) is 5.52. The molecule has 0 amide bonds. The molecule has 0 aliphatic rings. The lowest BCUT2D eigenvalue weighted by atomic mass is 10.2. The molecule has 0 atom stereocenters. The van der Waals surface area contributed by atoms with Crippen molar-refractivity contribution in [1.29, 1.82) is 0 Å². The number of hydrogen-bond donors (Lipinski definition) is 2. The maximum Gasteiger partial charge on any atom is 0.135 e. The molecule has 0 radical (unpaired) electrons. The van der Waals surface area contributed by atoms with Crippen LogP contribution in [0.5, 0.6) is 5.75 Å². The van der Waals surface area contributed by atoms with Gasteiger partial charge >= 0.3 is 0 Å². The van der Waals surface area contributed by atoms with Crippen LogP contribution in [0, 0.1) is 0 Å².